The highest BCUT2D eigenvalue weighted by molar-refractivity contribution is 5.72. The van der Waals surface area contributed by atoms with Crippen LogP contribution in [-0.4, -0.2) is 24.3 Å². The van der Waals surface area contributed by atoms with E-state index in [1.807, 2.05) is 0 Å². The molecule has 1 rings (SSSR count). The zero-order valence-electron chi connectivity index (χ0n) is 9.24. The summed E-state index contributed by atoms with van der Waals surface area (Å²) >= 11 is 0. The molecule has 0 unspecified atom stereocenters. The van der Waals surface area contributed by atoms with Gasteiger partial charge in [-0.25, -0.2) is 19.2 Å². The highest BCUT2D eigenvalue weighted by Crippen LogP contribution is 2.38. The highest BCUT2D eigenvalue weighted by atomic mass is 16.3. The summed E-state index contributed by atoms with van der Waals surface area (Å²) in [7, 11) is 0. The second-order valence-corrected chi connectivity index (χ2v) is 2.87. The predicted octanol–water partition coefficient (Wildman–Crippen LogP) is 0.886. The van der Waals surface area contributed by atoms with Crippen molar-refractivity contribution in [2.45, 2.75) is 13.1 Å². The van der Waals surface area contributed by atoms with Crippen LogP contribution < -0.4 is 0 Å². The number of nitrogens with zero attached hydrogens (tertiary/aromatic N) is 4. The number of rotatable bonds is 6. The first-order valence-corrected chi connectivity index (χ1v) is 4.66. The topological polar surface area (TPSA) is 131 Å². The molecule has 0 fully saturated rings. The number of carbonyl (C=O) groups excluding carboxylic acids is 4. The molecule has 0 bridgehead atoms. The van der Waals surface area contributed by atoms with Crippen molar-refractivity contribution in [2.24, 2.45) is 20.0 Å². The SMILES string of the molecule is O=C=NCc1oc(CN=C=O)c(N=C=O)c1N=C=O. The van der Waals surface area contributed by atoms with Crippen LogP contribution in [0.25, 0.3) is 0 Å². The molecule has 0 aromatic carbocycles. The van der Waals surface area contributed by atoms with Gasteiger partial charge in [0.2, 0.25) is 24.3 Å². The molecular weight excluding hydrogens is 256 g/mol. The fourth-order valence-electron chi connectivity index (χ4n) is 1.25. The molecule has 0 aliphatic heterocycles. The molecule has 0 saturated carbocycles. The van der Waals surface area contributed by atoms with Gasteiger partial charge in [0.1, 0.15) is 24.5 Å². The van der Waals surface area contributed by atoms with Crippen LogP contribution >= 0.6 is 0 Å². The van der Waals surface area contributed by atoms with E-state index in [1.165, 1.54) is 24.3 Å². The average Bonchev–Trinajstić information content (AvgIpc) is 2.73. The van der Waals surface area contributed by atoms with Crippen LogP contribution in [0.4, 0.5) is 11.4 Å². The summed E-state index contributed by atoms with van der Waals surface area (Å²) in [6, 6.07) is 0. The Labute approximate surface area is 105 Å². The summed E-state index contributed by atoms with van der Waals surface area (Å²) in [4.78, 5) is 53.8. The quantitative estimate of drug-likeness (QED) is 0.553. The smallest absolute Gasteiger partial charge is 0.240 e. The molecule has 0 atom stereocenters. The van der Waals surface area contributed by atoms with Gasteiger partial charge in [-0.2, -0.15) is 20.0 Å². The van der Waals surface area contributed by atoms with Crippen molar-refractivity contribution < 1.29 is 23.6 Å². The molecular formula is C10H4N4O5. The van der Waals surface area contributed by atoms with E-state index in [0.717, 1.165) is 0 Å². The zero-order chi connectivity index (χ0) is 14.1. The fraction of sp³-hybridized carbons (Fsp3) is 0.200. The molecule has 0 saturated heterocycles. The Morgan fingerprint density at radius 3 is 1.47 bits per heavy atom. The number of aliphatic imine (C=N–C) groups is 4. The molecule has 0 spiro atoms. The van der Waals surface area contributed by atoms with E-state index in [9.17, 15) is 19.2 Å². The minimum Gasteiger partial charge on any atom is -0.457 e. The van der Waals surface area contributed by atoms with E-state index in [-0.39, 0.29) is 36.0 Å². The normalized spacial score (nSPS) is 8.42. The molecule has 0 N–H and O–H groups in total. The van der Waals surface area contributed by atoms with Gasteiger partial charge in [0.25, 0.3) is 0 Å². The van der Waals surface area contributed by atoms with Crippen LogP contribution in [0.3, 0.4) is 0 Å². The molecule has 0 amide bonds. The van der Waals surface area contributed by atoms with Crippen molar-refractivity contribution in [1.82, 2.24) is 0 Å². The third-order valence-electron chi connectivity index (χ3n) is 1.89. The van der Waals surface area contributed by atoms with Gasteiger partial charge < -0.3 is 4.42 Å². The lowest BCUT2D eigenvalue weighted by molar-refractivity contribution is 0.468. The molecule has 0 aliphatic carbocycles. The van der Waals surface area contributed by atoms with Crippen LogP contribution in [0.1, 0.15) is 11.5 Å². The fourth-order valence-corrected chi connectivity index (χ4v) is 1.25. The first-order valence-electron chi connectivity index (χ1n) is 4.66. The van der Waals surface area contributed by atoms with Crippen LogP contribution in [0.15, 0.2) is 24.4 Å². The van der Waals surface area contributed by atoms with E-state index in [1.54, 1.807) is 0 Å². The van der Waals surface area contributed by atoms with Gasteiger partial charge in [-0.3, -0.25) is 0 Å². The Kier molecular flexibility index (Phi) is 5.25. The van der Waals surface area contributed by atoms with Gasteiger partial charge in [0.15, 0.2) is 11.5 Å². The van der Waals surface area contributed by atoms with Crippen LogP contribution in [0.5, 0.6) is 0 Å². The molecule has 94 valence electrons. The largest absolute Gasteiger partial charge is 0.457 e. The molecule has 1 aromatic heterocycles. The lowest BCUT2D eigenvalue weighted by Gasteiger charge is -1.88. The monoisotopic (exact) mass is 260 g/mol. The maximum atomic E-state index is 10.3. The van der Waals surface area contributed by atoms with Crippen LogP contribution in [0.2, 0.25) is 0 Å². The summed E-state index contributed by atoms with van der Waals surface area (Å²) in [5, 5.41) is 0. The Bertz CT molecular complexity index is 610. The molecule has 9 heteroatoms. The molecule has 0 aliphatic rings. The third-order valence-corrected chi connectivity index (χ3v) is 1.89. The molecule has 1 heterocycles. The number of hydrogen-bond donors (Lipinski definition) is 0. The minimum absolute atomic E-state index is 0.0169. The lowest BCUT2D eigenvalue weighted by atomic mass is 10.3. The summed E-state index contributed by atoms with van der Waals surface area (Å²) in [5.74, 6) is -0.0337. The average molecular weight is 260 g/mol. The van der Waals surface area contributed by atoms with E-state index >= 15 is 0 Å². The van der Waals surface area contributed by atoms with Crippen molar-refractivity contribution >= 4 is 35.7 Å². The molecule has 0 radical (unpaired) electrons. The first-order chi connectivity index (χ1) is 9.28. The van der Waals surface area contributed by atoms with Crippen molar-refractivity contribution in [3.8, 4) is 0 Å². The summed E-state index contributed by atoms with van der Waals surface area (Å²) in [6.07, 6.45) is 5.03. The minimum atomic E-state index is -0.268. The number of isocyanates is 4. The summed E-state index contributed by atoms with van der Waals surface area (Å²) < 4.78 is 5.16. The van der Waals surface area contributed by atoms with Crippen LogP contribution in [0, 0.1) is 0 Å². The van der Waals surface area contributed by atoms with Gasteiger partial charge >= 0.3 is 0 Å². The van der Waals surface area contributed by atoms with E-state index in [2.05, 4.69) is 20.0 Å². The Morgan fingerprint density at radius 1 is 0.737 bits per heavy atom. The van der Waals surface area contributed by atoms with Gasteiger partial charge in [0, 0.05) is 0 Å². The second kappa shape index (κ2) is 7.19. The lowest BCUT2D eigenvalue weighted by Crippen LogP contribution is -1.77. The van der Waals surface area contributed by atoms with E-state index < -0.39 is 0 Å². The van der Waals surface area contributed by atoms with Crippen molar-refractivity contribution in [1.29, 1.82) is 0 Å². The summed E-state index contributed by atoms with van der Waals surface area (Å²) in [5.41, 5.74) is -0.262. The maximum Gasteiger partial charge on any atom is 0.240 e. The molecule has 19 heavy (non-hydrogen) atoms. The number of furan rings is 1. The van der Waals surface area contributed by atoms with Gasteiger partial charge in [0.05, 0.1) is 0 Å². The molecule has 9 nitrogen and oxygen atoms in total. The predicted molar refractivity (Wildman–Crippen MR) is 57.9 cm³/mol. The first kappa shape index (κ1) is 13.9. The number of hydrogen-bond acceptors (Lipinski definition) is 9. The van der Waals surface area contributed by atoms with E-state index in [0.29, 0.717) is 0 Å². The van der Waals surface area contributed by atoms with Crippen molar-refractivity contribution in [3.63, 3.8) is 0 Å². The third kappa shape index (κ3) is 3.38. The maximum absolute atomic E-state index is 10.3. The van der Waals surface area contributed by atoms with E-state index in [4.69, 9.17) is 4.42 Å². The van der Waals surface area contributed by atoms with Gasteiger partial charge in [-0.05, 0) is 0 Å². The Morgan fingerprint density at radius 2 is 1.16 bits per heavy atom. The molecule has 1 aromatic rings. The summed E-state index contributed by atoms with van der Waals surface area (Å²) in [6.45, 7) is -0.535. The van der Waals surface area contributed by atoms with Crippen LogP contribution in [-0.2, 0) is 32.3 Å². The Balaban J connectivity index is 3.45. The Hall–Kier alpha value is -3.20. The highest BCUT2D eigenvalue weighted by Gasteiger charge is 2.20. The van der Waals surface area contributed by atoms with Gasteiger partial charge in [-0.1, -0.05) is 0 Å². The van der Waals surface area contributed by atoms with Crippen molar-refractivity contribution in [2.75, 3.05) is 0 Å². The second-order valence-electron chi connectivity index (χ2n) is 2.87. The zero-order valence-corrected chi connectivity index (χ0v) is 9.24. The standard InChI is InChI=1S/C10H4N4O5/c15-3-11-1-7-9(13-5-17)10(14-6-18)8(19-7)2-12-4-16/h1-2H2. The van der Waals surface area contributed by atoms with Crippen molar-refractivity contribution in [3.05, 3.63) is 11.5 Å². The van der Waals surface area contributed by atoms with Gasteiger partial charge in [-0.15, -0.1) is 0 Å².